The lowest BCUT2D eigenvalue weighted by Gasteiger charge is -2.56. The molecule has 0 radical (unpaired) electrons. The van der Waals surface area contributed by atoms with Gasteiger partial charge >= 0.3 is 0 Å². The van der Waals surface area contributed by atoms with Crippen LogP contribution >= 0.6 is 11.6 Å². The molecule has 2 amide bonds. The number of aryl methyl sites for hydroxylation is 1. The highest BCUT2D eigenvalue weighted by Gasteiger charge is 2.55. The van der Waals surface area contributed by atoms with Gasteiger partial charge in [0.2, 0.25) is 0 Å². The Hall–Kier alpha value is -2.71. The highest BCUT2D eigenvalue weighted by atomic mass is 35.5. The fraction of sp³-hybridized carbons (Fsp3) is 0.435. The lowest BCUT2D eigenvalue weighted by molar-refractivity contribution is -0.132. The summed E-state index contributed by atoms with van der Waals surface area (Å²) in [6.07, 6.45) is 3.44. The molecule has 0 unspecified atom stereocenters. The monoisotopic (exact) mass is 461 g/mol. The Bertz CT molecular complexity index is 1040. The smallest absolute Gasteiger partial charge is 0.270 e. The van der Waals surface area contributed by atoms with E-state index in [4.69, 9.17) is 16.3 Å². The number of carbonyl (C=O) groups is 2. The molecule has 3 aliphatic rings. The van der Waals surface area contributed by atoms with E-state index in [1.54, 1.807) is 12.3 Å². The first-order chi connectivity index (χ1) is 15.2. The van der Waals surface area contributed by atoms with Gasteiger partial charge in [-0.15, -0.1) is 0 Å². The number of aromatic nitrogens is 1. The molecule has 7 nitrogen and oxygen atoms in total. The molecule has 5 rings (SSSR count). The van der Waals surface area contributed by atoms with Crippen molar-refractivity contribution in [1.29, 1.82) is 0 Å². The van der Waals surface area contributed by atoms with Crippen LogP contribution in [0.25, 0.3) is 0 Å². The number of nitrogens with zero attached hydrogens (tertiary/aromatic N) is 1. The molecule has 0 saturated heterocycles. The molecule has 0 aliphatic heterocycles. The van der Waals surface area contributed by atoms with Crippen LogP contribution in [0.4, 0.5) is 4.39 Å². The zero-order chi connectivity index (χ0) is 22.9. The van der Waals surface area contributed by atoms with Crippen LogP contribution in [0.5, 0.6) is 5.75 Å². The molecular formula is C23H25ClFN3O4. The number of hydrogen-bond acceptors (Lipinski definition) is 5. The van der Waals surface area contributed by atoms with Crippen molar-refractivity contribution in [3.8, 4) is 5.75 Å². The molecule has 9 heteroatoms. The van der Waals surface area contributed by atoms with Crippen molar-refractivity contribution < 1.29 is 23.8 Å². The van der Waals surface area contributed by atoms with Crippen LogP contribution in [0.2, 0.25) is 5.02 Å². The molecule has 1 aromatic heterocycles. The summed E-state index contributed by atoms with van der Waals surface area (Å²) in [5.41, 5.74) is 0.00602. The first-order valence-corrected chi connectivity index (χ1v) is 10.9. The second kappa shape index (κ2) is 8.67. The Kier molecular flexibility index (Phi) is 6.09. The van der Waals surface area contributed by atoms with Gasteiger partial charge in [0.1, 0.15) is 17.3 Å². The van der Waals surface area contributed by atoms with Crippen molar-refractivity contribution in [2.75, 3.05) is 6.61 Å². The van der Waals surface area contributed by atoms with Crippen molar-refractivity contribution in [2.24, 2.45) is 0 Å². The molecule has 3 saturated carbocycles. The van der Waals surface area contributed by atoms with Crippen LogP contribution < -0.4 is 15.4 Å². The van der Waals surface area contributed by atoms with Gasteiger partial charge in [-0.2, -0.15) is 0 Å². The average molecular weight is 462 g/mol. The number of carbonyl (C=O) groups excluding carboxylic acids is 2. The first-order valence-electron chi connectivity index (χ1n) is 10.5. The van der Waals surface area contributed by atoms with E-state index >= 15 is 0 Å². The molecule has 170 valence electrons. The zero-order valence-electron chi connectivity index (χ0n) is 17.7. The predicted octanol–water partition coefficient (Wildman–Crippen LogP) is 2.92. The highest BCUT2D eigenvalue weighted by Crippen LogP contribution is 2.47. The lowest BCUT2D eigenvalue weighted by atomic mass is 9.60. The molecule has 0 spiro atoms. The Labute approximate surface area is 190 Å². The maximum atomic E-state index is 13.5. The molecule has 1 aromatic carbocycles. The minimum absolute atomic E-state index is 0.0259. The van der Waals surface area contributed by atoms with Crippen LogP contribution in [-0.2, 0) is 4.79 Å². The van der Waals surface area contributed by atoms with Crippen molar-refractivity contribution in [3.05, 3.63) is 58.6 Å². The van der Waals surface area contributed by atoms with Gasteiger partial charge < -0.3 is 20.5 Å². The van der Waals surface area contributed by atoms with E-state index in [0.717, 1.165) is 11.6 Å². The van der Waals surface area contributed by atoms with Crippen molar-refractivity contribution >= 4 is 23.4 Å². The summed E-state index contributed by atoms with van der Waals surface area (Å²) in [6.45, 7) is 1.59. The summed E-state index contributed by atoms with van der Waals surface area (Å²) >= 11 is 5.65. The first kappa shape index (κ1) is 22.5. The number of amides is 2. The number of nitrogens with one attached hydrogen (secondary N) is 2. The molecule has 1 atom stereocenters. The fourth-order valence-corrected chi connectivity index (χ4v) is 4.77. The molecule has 32 heavy (non-hydrogen) atoms. The quantitative estimate of drug-likeness (QED) is 0.614. The Balaban J connectivity index is 1.35. The summed E-state index contributed by atoms with van der Waals surface area (Å²) in [5.74, 6) is -1.10. The average Bonchev–Trinajstić information content (AvgIpc) is 2.76. The molecule has 3 aliphatic carbocycles. The van der Waals surface area contributed by atoms with Crippen LogP contribution in [0.1, 0.15) is 48.2 Å². The number of pyridine rings is 1. The van der Waals surface area contributed by atoms with Crippen molar-refractivity contribution in [1.82, 2.24) is 15.6 Å². The minimum Gasteiger partial charge on any atom is -0.484 e. The van der Waals surface area contributed by atoms with Gasteiger partial charge in [-0.05, 0) is 68.9 Å². The van der Waals surface area contributed by atoms with E-state index in [2.05, 4.69) is 15.6 Å². The second-order valence-electron chi connectivity index (χ2n) is 8.74. The van der Waals surface area contributed by atoms with Crippen molar-refractivity contribution in [3.63, 3.8) is 0 Å². The van der Waals surface area contributed by atoms with E-state index < -0.39 is 28.9 Å². The largest absolute Gasteiger partial charge is 0.484 e. The molecule has 2 bridgehead atoms. The van der Waals surface area contributed by atoms with Gasteiger partial charge in [0.15, 0.2) is 6.61 Å². The van der Waals surface area contributed by atoms with Gasteiger partial charge in [-0.3, -0.25) is 14.6 Å². The van der Waals surface area contributed by atoms with Crippen LogP contribution in [0, 0.1) is 12.7 Å². The third-order valence-electron chi connectivity index (χ3n) is 6.50. The Morgan fingerprint density at radius 3 is 2.62 bits per heavy atom. The number of halogens is 2. The van der Waals surface area contributed by atoms with Gasteiger partial charge in [-0.1, -0.05) is 11.6 Å². The SMILES string of the molecule is Cc1ccnc(C(=O)NC23CCC(NC(=O)COc4ccc(Cl)c(F)c4)(CC2)[C@@H](O)C3)c1. The van der Waals surface area contributed by atoms with E-state index in [1.165, 1.54) is 12.1 Å². The van der Waals surface area contributed by atoms with E-state index in [-0.39, 0.29) is 23.3 Å². The maximum Gasteiger partial charge on any atom is 0.270 e. The summed E-state index contributed by atoms with van der Waals surface area (Å²) in [6, 6.07) is 7.50. The highest BCUT2D eigenvalue weighted by molar-refractivity contribution is 6.30. The number of aliphatic hydroxyl groups excluding tert-OH is 1. The minimum atomic E-state index is -0.812. The molecule has 3 N–H and O–H groups in total. The predicted molar refractivity (Wildman–Crippen MR) is 116 cm³/mol. The number of aliphatic hydroxyl groups is 1. The third kappa shape index (κ3) is 4.56. The molecule has 3 fully saturated rings. The van der Waals surface area contributed by atoms with Gasteiger partial charge in [-0.25, -0.2) is 4.39 Å². The lowest BCUT2D eigenvalue weighted by Crippen LogP contribution is -2.70. The normalized spacial score (nSPS) is 26.4. The van der Waals surface area contributed by atoms with Gasteiger partial charge in [0.25, 0.3) is 11.8 Å². The molecule has 1 heterocycles. The van der Waals surface area contributed by atoms with Crippen molar-refractivity contribution in [2.45, 2.75) is 56.2 Å². The summed E-state index contributed by atoms with van der Waals surface area (Å²) in [5, 5.41) is 16.8. The van der Waals surface area contributed by atoms with Gasteiger partial charge in [0.05, 0.1) is 16.7 Å². The zero-order valence-corrected chi connectivity index (χ0v) is 18.4. The number of hydrogen-bond donors (Lipinski definition) is 3. The standard InChI is InChI=1S/C23H25ClFN3O4/c1-14-4-9-26-18(10-14)21(31)28-22-5-7-23(8-6-22,19(29)12-22)27-20(30)13-32-15-2-3-16(24)17(25)11-15/h2-4,9-11,19,29H,5-8,12-13H2,1H3,(H,27,30)(H,28,31)/t19-,22?,23?/m0/s1. The van der Waals surface area contributed by atoms with E-state index in [0.29, 0.717) is 37.8 Å². The Morgan fingerprint density at radius 1 is 1.22 bits per heavy atom. The molecular weight excluding hydrogens is 437 g/mol. The summed E-state index contributed by atoms with van der Waals surface area (Å²) in [4.78, 5) is 29.3. The third-order valence-corrected chi connectivity index (χ3v) is 6.80. The molecule has 2 aromatic rings. The van der Waals surface area contributed by atoms with Crippen LogP contribution in [0.3, 0.4) is 0 Å². The number of rotatable bonds is 6. The number of fused-ring (bicyclic) bond motifs is 3. The van der Waals surface area contributed by atoms with Gasteiger partial charge in [0, 0.05) is 17.8 Å². The van der Waals surface area contributed by atoms with Crippen LogP contribution in [-0.4, -0.2) is 45.7 Å². The fourth-order valence-electron chi connectivity index (χ4n) is 4.66. The van der Waals surface area contributed by atoms with E-state index in [9.17, 15) is 19.1 Å². The number of ether oxygens (including phenoxy) is 1. The Morgan fingerprint density at radius 2 is 1.97 bits per heavy atom. The topological polar surface area (TPSA) is 101 Å². The second-order valence-corrected chi connectivity index (χ2v) is 9.15. The maximum absolute atomic E-state index is 13.5. The summed E-state index contributed by atoms with van der Waals surface area (Å²) in [7, 11) is 0. The summed E-state index contributed by atoms with van der Waals surface area (Å²) < 4.78 is 18.9. The van der Waals surface area contributed by atoms with E-state index in [1.807, 2.05) is 13.0 Å². The van der Waals surface area contributed by atoms with Crippen LogP contribution in [0.15, 0.2) is 36.5 Å². The number of benzene rings is 1.